The Morgan fingerprint density at radius 1 is 1.17 bits per heavy atom. The molecule has 5 nitrogen and oxygen atoms in total. The Balaban J connectivity index is 1.62. The highest BCUT2D eigenvalue weighted by atomic mass is 35.5. The number of urea groups is 1. The standard InChI is InChI=1S/C17H17ClN2O3S/c1-12-3-2-4-14(9-12)19-17(21)20-10-16(11-20)24(22,23)15-7-5-13(18)6-8-15/h2-9,16H,10-11H2,1H3,(H,19,21). The van der Waals surface area contributed by atoms with E-state index in [0.717, 1.165) is 5.56 Å². The van der Waals surface area contributed by atoms with Crippen molar-refractivity contribution in [1.29, 1.82) is 0 Å². The lowest BCUT2D eigenvalue weighted by Crippen LogP contribution is -2.58. The first-order chi connectivity index (χ1) is 11.4. The average Bonchev–Trinajstić information content (AvgIpc) is 2.45. The van der Waals surface area contributed by atoms with Crippen LogP contribution in [0.5, 0.6) is 0 Å². The molecule has 1 aliphatic rings. The quantitative estimate of drug-likeness (QED) is 0.908. The predicted molar refractivity (Wildman–Crippen MR) is 94.2 cm³/mol. The van der Waals surface area contributed by atoms with Gasteiger partial charge in [-0.1, -0.05) is 23.7 Å². The van der Waals surface area contributed by atoms with Crippen LogP contribution >= 0.6 is 11.6 Å². The van der Waals surface area contributed by atoms with E-state index in [9.17, 15) is 13.2 Å². The minimum Gasteiger partial charge on any atom is -0.322 e. The van der Waals surface area contributed by atoms with Gasteiger partial charge in [-0.3, -0.25) is 0 Å². The highest BCUT2D eigenvalue weighted by molar-refractivity contribution is 7.92. The summed E-state index contributed by atoms with van der Waals surface area (Å²) in [5.41, 5.74) is 1.74. The first-order valence-corrected chi connectivity index (χ1v) is 9.41. The molecule has 1 saturated heterocycles. The van der Waals surface area contributed by atoms with Crippen LogP contribution in [0.25, 0.3) is 0 Å². The molecule has 3 rings (SSSR count). The molecule has 0 aliphatic carbocycles. The fourth-order valence-electron chi connectivity index (χ4n) is 2.54. The van der Waals surface area contributed by atoms with Crippen molar-refractivity contribution in [3.63, 3.8) is 0 Å². The summed E-state index contributed by atoms with van der Waals surface area (Å²) in [7, 11) is -3.45. The summed E-state index contributed by atoms with van der Waals surface area (Å²) < 4.78 is 25.0. The van der Waals surface area contributed by atoms with Crippen LogP contribution in [0.3, 0.4) is 0 Å². The largest absolute Gasteiger partial charge is 0.322 e. The van der Waals surface area contributed by atoms with Gasteiger partial charge < -0.3 is 10.2 Å². The summed E-state index contributed by atoms with van der Waals surface area (Å²) in [4.78, 5) is 13.9. The van der Waals surface area contributed by atoms with Gasteiger partial charge in [0.2, 0.25) is 0 Å². The number of carbonyl (C=O) groups is 1. The van der Waals surface area contributed by atoms with Gasteiger partial charge in [0.25, 0.3) is 0 Å². The van der Waals surface area contributed by atoms with E-state index in [2.05, 4.69) is 5.32 Å². The van der Waals surface area contributed by atoms with E-state index in [1.165, 1.54) is 17.0 Å². The topological polar surface area (TPSA) is 66.5 Å². The van der Waals surface area contributed by atoms with Crippen LogP contribution in [-0.4, -0.2) is 37.7 Å². The maximum Gasteiger partial charge on any atom is 0.321 e. The van der Waals surface area contributed by atoms with Crippen LogP contribution < -0.4 is 5.32 Å². The summed E-state index contributed by atoms with van der Waals surface area (Å²) in [5.74, 6) is 0. The second kappa shape index (κ2) is 6.45. The minimum atomic E-state index is -3.45. The zero-order chi connectivity index (χ0) is 17.3. The number of hydrogen-bond donors (Lipinski definition) is 1. The number of aryl methyl sites for hydroxylation is 1. The Hall–Kier alpha value is -2.05. The van der Waals surface area contributed by atoms with E-state index in [-0.39, 0.29) is 24.0 Å². The number of carbonyl (C=O) groups excluding carboxylic acids is 1. The average molecular weight is 365 g/mol. The molecule has 0 spiro atoms. The van der Waals surface area contributed by atoms with Crippen molar-refractivity contribution in [2.45, 2.75) is 17.1 Å². The van der Waals surface area contributed by atoms with E-state index < -0.39 is 15.1 Å². The SMILES string of the molecule is Cc1cccc(NC(=O)N2CC(S(=O)(=O)c3ccc(Cl)cc3)C2)c1. The highest BCUT2D eigenvalue weighted by Crippen LogP contribution is 2.25. The molecule has 1 N–H and O–H groups in total. The number of rotatable bonds is 3. The normalized spacial score (nSPS) is 15.0. The fraction of sp³-hybridized carbons (Fsp3) is 0.235. The Morgan fingerprint density at radius 3 is 2.46 bits per heavy atom. The molecule has 1 fully saturated rings. The van der Waals surface area contributed by atoms with Gasteiger partial charge in [0.05, 0.1) is 4.90 Å². The van der Waals surface area contributed by atoms with E-state index >= 15 is 0 Å². The van der Waals surface area contributed by atoms with Crippen LogP contribution in [0.15, 0.2) is 53.4 Å². The number of likely N-dealkylation sites (tertiary alicyclic amines) is 1. The van der Waals surface area contributed by atoms with Gasteiger partial charge in [-0.2, -0.15) is 0 Å². The summed E-state index contributed by atoms with van der Waals surface area (Å²) >= 11 is 5.79. The molecule has 0 unspecified atom stereocenters. The smallest absolute Gasteiger partial charge is 0.321 e. The maximum atomic E-state index is 12.5. The molecule has 0 atom stereocenters. The minimum absolute atomic E-state index is 0.183. The van der Waals surface area contributed by atoms with Gasteiger partial charge in [0.1, 0.15) is 5.25 Å². The number of hydrogen-bond acceptors (Lipinski definition) is 3. The zero-order valence-corrected chi connectivity index (χ0v) is 14.6. The molecule has 0 aromatic heterocycles. The molecule has 0 bridgehead atoms. The summed E-state index contributed by atoms with van der Waals surface area (Å²) in [5, 5.41) is 2.68. The first-order valence-electron chi connectivity index (χ1n) is 7.48. The summed E-state index contributed by atoms with van der Waals surface area (Å²) in [6.45, 7) is 2.30. The zero-order valence-electron chi connectivity index (χ0n) is 13.1. The van der Waals surface area contributed by atoms with Gasteiger partial charge in [-0.05, 0) is 48.9 Å². The van der Waals surface area contributed by atoms with Gasteiger partial charge in [0.15, 0.2) is 9.84 Å². The molecule has 2 aromatic carbocycles. The van der Waals surface area contributed by atoms with E-state index in [1.54, 1.807) is 18.2 Å². The van der Waals surface area contributed by atoms with Crippen LogP contribution in [0.4, 0.5) is 10.5 Å². The van der Waals surface area contributed by atoms with Gasteiger partial charge in [-0.15, -0.1) is 0 Å². The van der Waals surface area contributed by atoms with Crippen molar-refractivity contribution < 1.29 is 13.2 Å². The molecule has 0 radical (unpaired) electrons. The van der Waals surface area contributed by atoms with Crippen LogP contribution in [0.1, 0.15) is 5.56 Å². The number of nitrogens with zero attached hydrogens (tertiary/aromatic N) is 1. The third-order valence-corrected chi connectivity index (χ3v) is 6.34. The van der Waals surface area contributed by atoms with Crippen molar-refractivity contribution in [3.8, 4) is 0 Å². The number of amides is 2. The second-order valence-electron chi connectivity index (χ2n) is 5.83. The third kappa shape index (κ3) is 3.39. The molecule has 0 saturated carbocycles. The lowest BCUT2D eigenvalue weighted by atomic mass is 10.2. The Labute approximate surface area is 146 Å². The lowest BCUT2D eigenvalue weighted by molar-refractivity contribution is 0.182. The Kier molecular flexibility index (Phi) is 4.51. The number of sulfone groups is 1. The lowest BCUT2D eigenvalue weighted by Gasteiger charge is -2.38. The second-order valence-corrected chi connectivity index (χ2v) is 8.49. The fourth-order valence-corrected chi connectivity index (χ4v) is 4.32. The summed E-state index contributed by atoms with van der Waals surface area (Å²) in [6.07, 6.45) is 0. The Morgan fingerprint density at radius 2 is 1.83 bits per heavy atom. The van der Waals surface area contributed by atoms with E-state index in [0.29, 0.717) is 10.7 Å². The van der Waals surface area contributed by atoms with Crippen molar-refractivity contribution in [1.82, 2.24) is 4.90 Å². The molecule has 1 heterocycles. The monoisotopic (exact) mass is 364 g/mol. The molecular formula is C17H17ClN2O3S. The van der Waals surface area contributed by atoms with E-state index in [1.807, 2.05) is 25.1 Å². The van der Waals surface area contributed by atoms with E-state index in [4.69, 9.17) is 11.6 Å². The van der Waals surface area contributed by atoms with Crippen LogP contribution in [0, 0.1) is 6.92 Å². The summed E-state index contributed by atoms with van der Waals surface area (Å²) in [6, 6.07) is 13.3. The maximum absolute atomic E-state index is 12.5. The molecule has 7 heteroatoms. The highest BCUT2D eigenvalue weighted by Gasteiger charge is 2.40. The molecule has 2 amide bonds. The molecular weight excluding hydrogens is 348 g/mol. The van der Waals surface area contributed by atoms with Crippen LogP contribution in [-0.2, 0) is 9.84 Å². The number of halogens is 1. The van der Waals surface area contributed by atoms with Gasteiger partial charge >= 0.3 is 6.03 Å². The van der Waals surface area contributed by atoms with Gasteiger partial charge in [-0.25, -0.2) is 13.2 Å². The number of benzene rings is 2. The number of anilines is 1. The molecule has 24 heavy (non-hydrogen) atoms. The molecule has 1 aliphatic heterocycles. The third-order valence-electron chi connectivity index (χ3n) is 3.99. The van der Waals surface area contributed by atoms with Crippen molar-refractivity contribution in [2.24, 2.45) is 0 Å². The first kappa shape index (κ1) is 16.8. The molecule has 2 aromatic rings. The van der Waals surface area contributed by atoms with Crippen molar-refractivity contribution in [3.05, 3.63) is 59.1 Å². The predicted octanol–water partition coefficient (Wildman–Crippen LogP) is 3.34. The number of nitrogens with one attached hydrogen (secondary N) is 1. The van der Waals surface area contributed by atoms with Crippen molar-refractivity contribution >= 4 is 33.2 Å². The van der Waals surface area contributed by atoms with Gasteiger partial charge in [0, 0.05) is 23.8 Å². The van der Waals surface area contributed by atoms with Crippen LogP contribution in [0.2, 0.25) is 5.02 Å². The van der Waals surface area contributed by atoms with Crippen molar-refractivity contribution in [2.75, 3.05) is 18.4 Å². The Bertz CT molecular complexity index is 860. The molecule has 126 valence electrons.